The molecule has 2 N–H and O–H groups in total. The van der Waals surface area contributed by atoms with Crippen molar-refractivity contribution in [3.05, 3.63) is 22.9 Å². The molecule has 0 aromatic carbocycles. The first-order valence-corrected chi connectivity index (χ1v) is 11.4. The van der Waals surface area contributed by atoms with E-state index in [1.807, 2.05) is 0 Å². The van der Waals surface area contributed by atoms with Gasteiger partial charge in [0.05, 0.1) is 10.6 Å². The number of likely N-dealkylation sites (N-methyl/N-ethyl adjacent to an activating group) is 1. The molecule has 29 heavy (non-hydrogen) atoms. The molecule has 0 atom stereocenters. The number of carbonyl (C=O) groups excluding carboxylic acids is 2. The van der Waals surface area contributed by atoms with Crippen molar-refractivity contribution in [2.45, 2.75) is 51.0 Å². The van der Waals surface area contributed by atoms with Crippen molar-refractivity contribution in [3.63, 3.8) is 0 Å². The van der Waals surface area contributed by atoms with Gasteiger partial charge in [-0.15, -0.1) is 0 Å². The van der Waals surface area contributed by atoms with Gasteiger partial charge in [0.2, 0.25) is 5.95 Å². The first kappa shape index (κ1) is 21.8. The number of hydrogen-bond acceptors (Lipinski definition) is 7. The summed E-state index contributed by atoms with van der Waals surface area (Å²) in [6.07, 6.45) is 12.4. The number of anilines is 1. The summed E-state index contributed by atoms with van der Waals surface area (Å²) in [5.41, 5.74) is 1.28. The van der Waals surface area contributed by atoms with Crippen LogP contribution in [0, 0.1) is 5.92 Å². The SMILES string of the molecule is CNC(=O)/C(=C/c1ccnc(N2CCC(CNC3CCCCC3)CC2)n1)SC=O. The number of rotatable bonds is 8. The molecule has 1 aromatic rings. The second-order valence-electron chi connectivity index (χ2n) is 7.76. The van der Waals surface area contributed by atoms with Crippen molar-refractivity contribution in [1.82, 2.24) is 20.6 Å². The maximum Gasteiger partial charge on any atom is 0.257 e. The molecule has 0 radical (unpaired) electrons. The molecular weight excluding hydrogens is 386 g/mol. The van der Waals surface area contributed by atoms with Crippen LogP contribution in [0.3, 0.4) is 0 Å². The molecule has 0 unspecified atom stereocenters. The molecule has 158 valence electrons. The van der Waals surface area contributed by atoms with Crippen molar-refractivity contribution in [3.8, 4) is 0 Å². The third kappa shape index (κ3) is 6.54. The molecule has 2 fully saturated rings. The van der Waals surface area contributed by atoms with E-state index in [0.717, 1.165) is 44.2 Å². The molecule has 1 saturated heterocycles. The predicted octanol–water partition coefficient (Wildman–Crippen LogP) is 2.63. The Morgan fingerprint density at radius 1 is 1.24 bits per heavy atom. The molecule has 8 heteroatoms. The fourth-order valence-electron chi connectivity index (χ4n) is 4.03. The number of amides is 1. The molecule has 0 bridgehead atoms. The zero-order chi connectivity index (χ0) is 20.5. The minimum Gasteiger partial charge on any atom is -0.355 e. The van der Waals surface area contributed by atoms with Gasteiger partial charge in [-0.2, -0.15) is 0 Å². The van der Waals surface area contributed by atoms with Crippen LogP contribution in [0.25, 0.3) is 6.08 Å². The molecule has 0 spiro atoms. The summed E-state index contributed by atoms with van der Waals surface area (Å²) >= 11 is 0.850. The van der Waals surface area contributed by atoms with Gasteiger partial charge in [-0.1, -0.05) is 19.3 Å². The molecular formula is C21H31N5O2S. The maximum absolute atomic E-state index is 11.9. The van der Waals surface area contributed by atoms with E-state index in [-0.39, 0.29) is 5.91 Å². The Bertz CT molecular complexity index is 713. The Morgan fingerprint density at radius 3 is 2.69 bits per heavy atom. The minimum absolute atomic E-state index is 0.298. The van der Waals surface area contributed by atoms with Gasteiger partial charge in [0.15, 0.2) is 5.62 Å². The highest BCUT2D eigenvalue weighted by molar-refractivity contribution is 8.16. The van der Waals surface area contributed by atoms with Crippen LogP contribution < -0.4 is 15.5 Å². The average molecular weight is 418 g/mol. The molecule has 1 aromatic heterocycles. The summed E-state index contributed by atoms with van der Waals surface area (Å²) < 4.78 is 0. The van der Waals surface area contributed by atoms with Gasteiger partial charge in [0.1, 0.15) is 0 Å². The zero-order valence-corrected chi connectivity index (χ0v) is 17.9. The number of nitrogens with zero attached hydrogens (tertiary/aromatic N) is 3. The fraction of sp³-hybridized carbons (Fsp3) is 0.619. The predicted molar refractivity (Wildman–Crippen MR) is 118 cm³/mol. The number of thioether (sulfide) groups is 1. The smallest absolute Gasteiger partial charge is 0.257 e. The lowest BCUT2D eigenvalue weighted by molar-refractivity contribution is -0.116. The summed E-state index contributed by atoms with van der Waals surface area (Å²) in [5, 5.41) is 6.32. The van der Waals surface area contributed by atoms with E-state index in [2.05, 4.69) is 25.5 Å². The fourth-order valence-corrected chi connectivity index (χ4v) is 4.54. The highest BCUT2D eigenvalue weighted by Crippen LogP contribution is 2.23. The number of piperidine rings is 1. The van der Waals surface area contributed by atoms with Crippen molar-refractivity contribution in [1.29, 1.82) is 0 Å². The van der Waals surface area contributed by atoms with Crippen LogP contribution in [-0.2, 0) is 9.59 Å². The number of aromatic nitrogens is 2. The summed E-state index contributed by atoms with van der Waals surface area (Å²) in [6.45, 7) is 2.99. The minimum atomic E-state index is -0.298. The number of carbonyl (C=O) groups is 2. The third-order valence-electron chi connectivity index (χ3n) is 5.77. The van der Waals surface area contributed by atoms with Crippen molar-refractivity contribution in [2.75, 3.05) is 31.6 Å². The first-order valence-electron chi connectivity index (χ1n) is 10.5. The number of nitrogens with one attached hydrogen (secondary N) is 2. The van der Waals surface area contributed by atoms with E-state index < -0.39 is 0 Å². The number of hydrogen-bond donors (Lipinski definition) is 2. The molecule has 3 rings (SSSR count). The van der Waals surface area contributed by atoms with Gasteiger partial charge in [-0.3, -0.25) is 9.59 Å². The van der Waals surface area contributed by atoms with E-state index in [4.69, 9.17) is 0 Å². The Morgan fingerprint density at radius 2 is 2.00 bits per heavy atom. The summed E-state index contributed by atoms with van der Waals surface area (Å²) in [5.74, 6) is 1.10. The lowest BCUT2D eigenvalue weighted by atomic mass is 9.93. The second kappa shape index (κ2) is 11.3. The Labute approximate surface area is 177 Å². The molecule has 1 amide bonds. The Balaban J connectivity index is 1.54. The molecule has 1 saturated carbocycles. The van der Waals surface area contributed by atoms with Crippen LogP contribution in [0.2, 0.25) is 0 Å². The van der Waals surface area contributed by atoms with E-state index in [0.29, 0.717) is 34.1 Å². The van der Waals surface area contributed by atoms with Gasteiger partial charge in [-0.25, -0.2) is 9.97 Å². The zero-order valence-electron chi connectivity index (χ0n) is 17.1. The van der Waals surface area contributed by atoms with E-state index in [1.54, 1.807) is 25.4 Å². The molecule has 2 aliphatic rings. The van der Waals surface area contributed by atoms with Crippen LogP contribution in [-0.4, -0.2) is 54.2 Å². The Hall–Kier alpha value is -1.93. The Kier molecular flexibility index (Phi) is 8.49. The topological polar surface area (TPSA) is 87.2 Å². The lowest BCUT2D eigenvalue weighted by Gasteiger charge is -2.33. The van der Waals surface area contributed by atoms with E-state index >= 15 is 0 Å². The summed E-state index contributed by atoms with van der Waals surface area (Å²) in [4.78, 5) is 34.2. The molecule has 7 nitrogen and oxygen atoms in total. The largest absolute Gasteiger partial charge is 0.355 e. The van der Waals surface area contributed by atoms with Crippen LogP contribution in [0.5, 0.6) is 0 Å². The van der Waals surface area contributed by atoms with Gasteiger partial charge in [0.25, 0.3) is 5.91 Å². The lowest BCUT2D eigenvalue weighted by Crippen LogP contribution is -2.41. The van der Waals surface area contributed by atoms with E-state index in [1.165, 1.54) is 32.1 Å². The molecule has 1 aliphatic heterocycles. The highest BCUT2D eigenvalue weighted by atomic mass is 32.2. The average Bonchev–Trinajstić information content (AvgIpc) is 2.78. The molecule has 2 heterocycles. The van der Waals surface area contributed by atoms with Crippen LogP contribution in [0.15, 0.2) is 17.2 Å². The first-order chi connectivity index (χ1) is 14.2. The van der Waals surface area contributed by atoms with Crippen molar-refractivity contribution < 1.29 is 9.59 Å². The summed E-state index contributed by atoms with van der Waals surface area (Å²) in [6, 6.07) is 2.46. The van der Waals surface area contributed by atoms with Crippen molar-refractivity contribution in [2.24, 2.45) is 5.92 Å². The van der Waals surface area contributed by atoms with Crippen LogP contribution in [0.4, 0.5) is 5.95 Å². The monoisotopic (exact) mass is 417 g/mol. The normalized spacial score (nSPS) is 19.2. The second-order valence-corrected chi connectivity index (χ2v) is 8.62. The quantitative estimate of drug-likeness (QED) is 0.497. The van der Waals surface area contributed by atoms with Crippen LogP contribution in [0.1, 0.15) is 50.6 Å². The van der Waals surface area contributed by atoms with Gasteiger partial charge >= 0.3 is 0 Å². The van der Waals surface area contributed by atoms with Gasteiger partial charge in [-0.05, 0) is 62.1 Å². The van der Waals surface area contributed by atoms with Crippen LogP contribution >= 0.6 is 11.8 Å². The van der Waals surface area contributed by atoms with Gasteiger partial charge in [0, 0.05) is 32.4 Å². The third-order valence-corrected chi connectivity index (χ3v) is 6.42. The molecule has 1 aliphatic carbocycles. The maximum atomic E-state index is 11.9. The van der Waals surface area contributed by atoms with Crippen molar-refractivity contribution >= 4 is 35.3 Å². The van der Waals surface area contributed by atoms with Gasteiger partial charge < -0.3 is 15.5 Å². The standard InChI is InChI=1S/C21H31N5O2S/c1-22-20(28)19(29-15-27)13-18-7-10-23-21(25-18)26-11-8-16(9-12-26)14-24-17-5-3-2-4-6-17/h7,10,13,15-17,24H,2-6,8-9,11-12,14H2,1H3,(H,22,28)/b19-13-. The highest BCUT2D eigenvalue weighted by Gasteiger charge is 2.22. The van der Waals surface area contributed by atoms with E-state index in [9.17, 15) is 9.59 Å². The summed E-state index contributed by atoms with van der Waals surface area (Å²) in [7, 11) is 1.54.